The highest BCUT2D eigenvalue weighted by atomic mass is 16.5. The molecule has 0 aliphatic carbocycles. The van der Waals surface area contributed by atoms with E-state index in [9.17, 15) is 19.5 Å². The van der Waals surface area contributed by atoms with Crippen LogP contribution in [0.25, 0.3) is 0 Å². The highest BCUT2D eigenvalue weighted by molar-refractivity contribution is 6.04. The number of anilines is 1. The number of carboxylic acid groups (broad SMARTS) is 1. The summed E-state index contributed by atoms with van der Waals surface area (Å²) in [6.45, 7) is 0.297. The molecule has 0 saturated carbocycles. The van der Waals surface area contributed by atoms with Gasteiger partial charge < -0.3 is 25.2 Å². The third kappa shape index (κ3) is 8.46. The van der Waals surface area contributed by atoms with Crippen molar-refractivity contribution in [3.8, 4) is 5.75 Å². The lowest BCUT2D eigenvalue weighted by Crippen LogP contribution is -2.42. The molecule has 0 saturated heterocycles. The van der Waals surface area contributed by atoms with Gasteiger partial charge in [0.2, 0.25) is 0 Å². The van der Waals surface area contributed by atoms with Crippen LogP contribution in [-0.2, 0) is 29.2 Å². The molecule has 0 radical (unpaired) electrons. The number of hydrogen-bond acceptors (Lipinski definition) is 5. The molecule has 0 fully saturated rings. The molecule has 1 atom stereocenters. The van der Waals surface area contributed by atoms with Crippen molar-refractivity contribution in [1.29, 1.82) is 0 Å². The molecule has 4 aromatic rings. The van der Waals surface area contributed by atoms with E-state index in [2.05, 4.69) is 10.6 Å². The summed E-state index contributed by atoms with van der Waals surface area (Å²) in [5, 5.41) is 14.7. The van der Waals surface area contributed by atoms with E-state index in [0.717, 1.165) is 16.7 Å². The molecule has 4 rings (SSSR count). The van der Waals surface area contributed by atoms with Gasteiger partial charge in [0.1, 0.15) is 25.0 Å². The maximum absolute atomic E-state index is 12.4. The highest BCUT2D eigenvalue weighted by Gasteiger charge is 2.21. The van der Waals surface area contributed by atoms with Gasteiger partial charge >= 0.3 is 12.1 Å². The lowest BCUT2D eigenvalue weighted by molar-refractivity contribution is -0.139. The molecule has 0 unspecified atom stereocenters. The molecule has 0 bridgehead atoms. The van der Waals surface area contributed by atoms with E-state index >= 15 is 0 Å². The van der Waals surface area contributed by atoms with Crippen LogP contribution in [0.1, 0.15) is 27.0 Å². The van der Waals surface area contributed by atoms with Crippen molar-refractivity contribution in [3.63, 3.8) is 0 Å². The second kappa shape index (κ2) is 13.4. The Morgan fingerprint density at radius 1 is 0.718 bits per heavy atom. The molecule has 8 nitrogen and oxygen atoms in total. The summed E-state index contributed by atoms with van der Waals surface area (Å²) >= 11 is 0. The van der Waals surface area contributed by atoms with Crippen molar-refractivity contribution < 1.29 is 29.0 Å². The van der Waals surface area contributed by atoms with Gasteiger partial charge in [-0.3, -0.25) is 4.79 Å². The fraction of sp³-hybridized carbons (Fsp3) is 0.129. The Morgan fingerprint density at radius 3 is 2.03 bits per heavy atom. The number of ether oxygens (including phenoxy) is 2. The van der Waals surface area contributed by atoms with Crippen LogP contribution in [0.4, 0.5) is 10.5 Å². The molecule has 2 amide bonds. The van der Waals surface area contributed by atoms with Crippen LogP contribution >= 0.6 is 0 Å². The first-order valence-electron chi connectivity index (χ1n) is 12.3. The standard InChI is InChI=1S/C31H28N2O6/c34-29(25-10-5-2-6-11-25)32-26-12-7-13-27(19-26)38-20-23-14-16-24(17-15-23)21-39-31(37)33-28(30(35)36)18-22-8-3-1-4-9-22/h1-17,19,28H,18,20-21H2,(H,32,34)(H,33,37)(H,35,36)/t28-/m1/s1. The average molecular weight is 525 g/mol. The number of amides is 2. The van der Waals surface area contributed by atoms with Gasteiger partial charge in [-0.2, -0.15) is 0 Å². The summed E-state index contributed by atoms with van der Waals surface area (Å²) in [7, 11) is 0. The number of benzene rings is 4. The first-order valence-corrected chi connectivity index (χ1v) is 12.3. The Bertz CT molecular complexity index is 1390. The van der Waals surface area contributed by atoms with Gasteiger partial charge in [-0.15, -0.1) is 0 Å². The number of alkyl carbamates (subject to hydrolysis) is 1. The van der Waals surface area contributed by atoms with Gasteiger partial charge in [0.25, 0.3) is 5.91 Å². The van der Waals surface area contributed by atoms with Crippen molar-refractivity contribution in [2.45, 2.75) is 25.7 Å². The number of carbonyl (C=O) groups excluding carboxylic acids is 2. The fourth-order valence-corrected chi connectivity index (χ4v) is 3.74. The number of carbonyl (C=O) groups is 3. The van der Waals surface area contributed by atoms with Crippen molar-refractivity contribution in [2.75, 3.05) is 5.32 Å². The van der Waals surface area contributed by atoms with E-state index in [-0.39, 0.29) is 18.9 Å². The number of aliphatic carboxylic acids is 1. The Kier molecular flexibility index (Phi) is 9.28. The second-order valence-electron chi connectivity index (χ2n) is 8.75. The van der Waals surface area contributed by atoms with E-state index in [1.807, 2.05) is 48.5 Å². The Morgan fingerprint density at radius 2 is 1.36 bits per heavy atom. The molecule has 198 valence electrons. The first kappa shape index (κ1) is 26.9. The van der Waals surface area contributed by atoms with Crippen molar-refractivity contribution in [3.05, 3.63) is 131 Å². The van der Waals surface area contributed by atoms with Crippen LogP contribution < -0.4 is 15.4 Å². The molecule has 0 spiro atoms. The van der Waals surface area contributed by atoms with Gasteiger partial charge in [-0.05, 0) is 41.0 Å². The topological polar surface area (TPSA) is 114 Å². The average Bonchev–Trinajstić information content (AvgIpc) is 2.96. The first-order chi connectivity index (χ1) is 19.0. The normalized spacial score (nSPS) is 11.2. The quantitative estimate of drug-likeness (QED) is 0.241. The van der Waals surface area contributed by atoms with Crippen LogP contribution in [0.3, 0.4) is 0 Å². The summed E-state index contributed by atoms with van der Waals surface area (Å²) in [4.78, 5) is 36.1. The van der Waals surface area contributed by atoms with Gasteiger partial charge in [0, 0.05) is 23.7 Å². The number of carboxylic acids is 1. The molecule has 3 N–H and O–H groups in total. The summed E-state index contributed by atoms with van der Waals surface area (Å²) in [6, 6.07) is 31.4. The minimum absolute atomic E-state index is 0.00615. The molecule has 8 heteroatoms. The summed E-state index contributed by atoms with van der Waals surface area (Å²) in [5.41, 5.74) is 3.64. The van der Waals surface area contributed by atoms with Crippen molar-refractivity contribution in [2.24, 2.45) is 0 Å². The summed E-state index contributed by atoms with van der Waals surface area (Å²) in [5.74, 6) is -0.730. The number of rotatable bonds is 11. The predicted octanol–water partition coefficient (Wildman–Crippen LogP) is 5.44. The maximum atomic E-state index is 12.4. The third-order valence-electron chi connectivity index (χ3n) is 5.80. The SMILES string of the molecule is O=C(N[C@H](Cc1ccccc1)C(=O)O)OCc1ccc(COc2cccc(NC(=O)c3ccccc3)c2)cc1. The van der Waals surface area contributed by atoms with Gasteiger partial charge in [0.05, 0.1) is 0 Å². The van der Waals surface area contributed by atoms with E-state index < -0.39 is 18.1 Å². The zero-order valence-electron chi connectivity index (χ0n) is 21.1. The van der Waals surface area contributed by atoms with E-state index in [1.54, 1.807) is 60.7 Å². The lowest BCUT2D eigenvalue weighted by atomic mass is 10.1. The Hall–Kier alpha value is -5.11. The largest absolute Gasteiger partial charge is 0.489 e. The molecule has 0 aliphatic heterocycles. The number of nitrogens with one attached hydrogen (secondary N) is 2. The molecule has 4 aromatic carbocycles. The van der Waals surface area contributed by atoms with Crippen molar-refractivity contribution in [1.82, 2.24) is 5.32 Å². The zero-order chi connectivity index (χ0) is 27.5. The Balaban J connectivity index is 1.23. The fourth-order valence-electron chi connectivity index (χ4n) is 3.74. The van der Waals surface area contributed by atoms with Crippen LogP contribution in [0.2, 0.25) is 0 Å². The van der Waals surface area contributed by atoms with Crippen LogP contribution in [0.15, 0.2) is 109 Å². The molecule has 39 heavy (non-hydrogen) atoms. The van der Waals surface area contributed by atoms with E-state index in [1.165, 1.54) is 0 Å². The van der Waals surface area contributed by atoms with Gasteiger partial charge in [-0.1, -0.05) is 78.9 Å². The van der Waals surface area contributed by atoms with Crippen molar-refractivity contribution >= 4 is 23.7 Å². The van der Waals surface area contributed by atoms with Crippen LogP contribution in [-0.4, -0.2) is 29.1 Å². The Labute approximate surface area is 226 Å². The van der Waals surface area contributed by atoms with E-state index in [4.69, 9.17) is 9.47 Å². The monoisotopic (exact) mass is 524 g/mol. The summed E-state index contributed by atoms with van der Waals surface area (Å²) < 4.78 is 11.1. The molecular weight excluding hydrogens is 496 g/mol. The van der Waals surface area contributed by atoms with Crippen LogP contribution in [0.5, 0.6) is 5.75 Å². The van der Waals surface area contributed by atoms with Crippen LogP contribution in [0, 0.1) is 0 Å². The third-order valence-corrected chi connectivity index (χ3v) is 5.80. The minimum atomic E-state index is -1.13. The van der Waals surface area contributed by atoms with E-state index in [0.29, 0.717) is 23.6 Å². The smallest absolute Gasteiger partial charge is 0.408 e. The maximum Gasteiger partial charge on any atom is 0.408 e. The minimum Gasteiger partial charge on any atom is -0.489 e. The van der Waals surface area contributed by atoms with Gasteiger partial charge in [0.15, 0.2) is 0 Å². The molecule has 0 heterocycles. The molecule has 0 aromatic heterocycles. The molecular formula is C31H28N2O6. The lowest BCUT2D eigenvalue weighted by Gasteiger charge is -2.15. The molecule has 0 aliphatic rings. The zero-order valence-corrected chi connectivity index (χ0v) is 21.1. The van der Waals surface area contributed by atoms with Gasteiger partial charge in [-0.25, -0.2) is 9.59 Å². The summed E-state index contributed by atoms with van der Waals surface area (Å²) in [6.07, 6.45) is -0.646. The predicted molar refractivity (Wildman–Crippen MR) is 147 cm³/mol. The second-order valence-corrected chi connectivity index (χ2v) is 8.75. The number of hydrogen-bond donors (Lipinski definition) is 3. The highest BCUT2D eigenvalue weighted by Crippen LogP contribution is 2.20.